The Morgan fingerprint density at radius 3 is 3.11 bits per heavy atom. The van der Waals surface area contributed by atoms with Crippen molar-refractivity contribution in [2.75, 3.05) is 18.5 Å². The third kappa shape index (κ3) is 3.20. The molecule has 5 nitrogen and oxygen atoms in total. The van der Waals surface area contributed by atoms with Crippen LogP contribution >= 0.6 is 0 Å². The van der Waals surface area contributed by atoms with Crippen LogP contribution < -0.4 is 11.1 Å². The molecule has 5 heteroatoms. The molecule has 0 radical (unpaired) electrons. The summed E-state index contributed by atoms with van der Waals surface area (Å²) in [5, 5.41) is 3.14. The van der Waals surface area contributed by atoms with E-state index >= 15 is 0 Å². The van der Waals surface area contributed by atoms with Crippen LogP contribution in [0.3, 0.4) is 0 Å². The first-order chi connectivity index (χ1) is 8.72. The van der Waals surface area contributed by atoms with Crippen molar-refractivity contribution in [3.8, 4) is 0 Å². The number of esters is 1. The highest BCUT2D eigenvalue weighted by atomic mass is 16.5. The molecule has 18 heavy (non-hydrogen) atoms. The second-order valence-electron chi connectivity index (χ2n) is 4.50. The van der Waals surface area contributed by atoms with Gasteiger partial charge >= 0.3 is 5.97 Å². The second kappa shape index (κ2) is 5.82. The predicted octanol–water partition coefficient (Wildman–Crippen LogP) is 1.41. The maximum absolute atomic E-state index is 11.7. The summed E-state index contributed by atoms with van der Waals surface area (Å²) in [7, 11) is 0. The van der Waals surface area contributed by atoms with Crippen LogP contribution in [-0.2, 0) is 4.74 Å². The van der Waals surface area contributed by atoms with Crippen molar-refractivity contribution in [1.82, 2.24) is 4.98 Å². The fraction of sp³-hybridized carbons (Fsp3) is 0.538. The minimum absolute atomic E-state index is 0.127. The Kier molecular flexibility index (Phi) is 4.15. The van der Waals surface area contributed by atoms with Crippen molar-refractivity contribution < 1.29 is 9.53 Å². The smallest absolute Gasteiger partial charge is 0.341 e. The summed E-state index contributed by atoms with van der Waals surface area (Å²) in [5.74, 6) is 0.812. The molecule has 1 aromatic rings. The molecule has 1 aromatic heterocycles. The summed E-state index contributed by atoms with van der Waals surface area (Å²) in [6.45, 7) is 2.77. The van der Waals surface area contributed by atoms with Gasteiger partial charge in [0.1, 0.15) is 11.4 Å². The summed E-state index contributed by atoms with van der Waals surface area (Å²) in [5.41, 5.74) is 6.47. The number of rotatable bonds is 6. The molecule has 0 saturated heterocycles. The summed E-state index contributed by atoms with van der Waals surface area (Å²) in [6, 6.07) is 3.55. The molecule has 0 spiro atoms. The van der Waals surface area contributed by atoms with Gasteiger partial charge in [-0.05, 0) is 37.8 Å². The Hall–Kier alpha value is -1.62. The number of hydrogen-bond acceptors (Lipinski definition) is 5. The zero-order chi connectivity index (χ0) is 13.0. The second-order valence-corrected chi connectivity index (χ2v) is 4.50. The number of aromatic nitrogens is 1. The highest BCUT2D eigenvalue weighted by molar-refractivity contribution is 5.94. The van der Waals surface area contributed by atoms with Gasteiger partial charge < -0.3 is 15.8 Å². The van der Waals surface area contributed by atoms with Crippen LogP contribution in [0.2, 0.25) is 0 Å². The first-order valence-corrected chi connectivity index (χ1v) is 6.34. The van der Waals surface area contributed by atoms with E-state index in [1.807, 2.05) is 0 Å². The van der Waals surface area contributed by atoms with Gasteiger partial charge in [0.25, 0.3) is 0 Å². The Morgan fingerprint density at radius 1 is 1.67 bits per heavy atom. The lowest BCUT2D eigenvalue weighted by molar-refractivity contribution is 0.0527. The van der Waals surface area contributed by atoms with Crippen LogP contribution in [0.5, 0.6) is 0 Å². The van der Waals surface area contributed by atoms with E-state index in [1.165, 1.54) is 12.8 Å². The maximum Gasteiger partial charge on any atom is 0.341 e. The normalized spacial score (nSPS) is 16.1. The van der Waals surface area contributed by atoms with E-state index in [0.717, 1.165) is 0 Å². The highest BCUT2D eigenvalue weighted by Crippen LogP contribution is 2.31. The number of pyridine rings is 1. The molecule has 98 valence electrons. The van der Waals surface area contributed by atoms with Gasteiger partial charge in [0, 0.05) is 18.8 Å². The standard InChI is InChI=1S/C13H19N3O2/c1-2-18-13(17)10-4-3-7-15-12(10)16-8-11(14)9-5-6-9/h3-4,7,9,11H,2,5-6,8,14H2,1H3,(H,15,16). The average molecular weight is 249 g/mol. The summed E-state index contributed by atoms with van der Waals surface area (Å²) in [6.07, 6.45) is 4.05. The SMILES string of the molecule is CCOC(=O)c1cccnc1NCC(N)C1CC1. The monoisotopic (exact) mass is 249 g/mol. The zero-order valence-electron chi connectivity index (χ0n) is 10.6. The third-order valence-corrected chi connectivity index (χ3v) is 3.04. The molecule has 3 N–H and O–H groups in total. The molecule has 1 fully saturated rings. The molecule has 1 aliphatic carbocycles. The Morgan fingerprint density at radius 2 is 2.44 bits per heavy atom. The summed E-state index contributed by atoms with van der Waals surface area (Å²) < 4.78 is 4.99. The Labute approximate surface area is 107 Å². The van der Waals surface area contributed by atoms with Crippen LogP contribution in [0.4, 0.5) is 5.82 Å². The van der Waals surface area contributed by atoms with Crippen molar-refractivity contribution >= 4 is 11.8 Å². The number of nitrogens with zero attached hydrogens (tertiary/aromatic N) is 1. The van der Waals surface area contributed by atoms with Crippen LogP contribution in [-0.4, -0.2) is 30.1 Å². The molecule has 1 aliphatic rings. The number of nitrogens with two attached hydrogens (primary N) is 1. The molecule has 2 rings (SSSR count). The van der Waals surface area contributed by atoms with E-state index in [0.29, 0.717) is 30.5 Å². The van der Waals surface area contributed by atoms with E-state index < -0.39 is 0 Å². The number of carbonyl (C=O) groups excluding carboxylic acids is 1. The van der Waals surface area contributed by atoms with E-state index in [1.54, 1.807) is 25.3 Å². The molecule has 1 saturated carbocycles. The van der Waals surface area contributed by atoms with Crippen LogP contribution in [0, 0.1) is 5.92 Å². The number of anilines is 1. The van der Waals surface area contributed by atoms with Crippen molar-refractivity contribution in [2.24, 2.45) is 11.7 Å². The lowest BCUT2D eigenvalue weighted by Gasteiger charge is -2.14. The average Bonchev–Trinajstić information content (AvgIpc) is 3.21. The molecule has 0 bridgehead atoms. The summed E-state index contributed by atoms with van der Waals surface area (Å²) in [4.78, 5) is 15.9. The van der Waals surface area contributed by atoms with Crippen molar-refractivity contribution in [3.63, 3.8) is 0 Å². The van der Waals surface area contributed by atoms with E-state index in [9.17, 15) is 4.79 Å². The van der Waals surface area contributed by atoms with Gasteiger partial charge in [-0.25, -0.2) is 9.78 Å². The minimum Gasteiger partial charge on any atom is -0.462 e. The third-order valence-electron chi connectivity index (χ3n) is 3.04. The highest BCUT2D eigenvalue weighted by Gasteiger charge is 2.28. The molecule has 1 atom stereocenters. The molecule has 0 amide bonds. The van der Waals surface area contributed by atoms with Gasteiger partial charge in [0.2, 0.25) is 0 Å². The first kappa shape index (κ1) is 12.8. The lowest BCUT2D eigenvalue weighted by Crippen LogP contribution is -2.31. The molecule has 1 unspecified atom stereocenters. The predicted molar refractivity (Wildman–Crippen MR) is 69.4 cm³/mol. The van der Waals surface area contributed by atoms with Gasteiger partial charge in [-0.15, -0.1) is 0 Å². The van der Waals surface area contributed by atoms with Crippen LogP contribution in [0.25, 0.3) is 0 Å². The Bertz CT molecular complexity index is 418. The van der Waals surface area contributed by atoms with Gasteiger partial charge in [-0.3, -0.25) is 0 Å². The van der Waals surface area contributed by atoms with Crippen molar-refractivity contribution in [1.29, 1.82) is 0 Å². The zero-order valence-corrected chi connectivity index (χ0v) is 10.6. The summed E-state index contributed by atoms with van der Waals surface area (Å²) >= 11 is 0. The fourth-order valence-corrected chi connectivity index (χ4v) is 1.83. The minimum atomic E-state index is -0.354. The first-order valence-electron chi connectivity index (χ1n) is 6.34. The van der Waals surface area contributed by atoms with Crippen LogP contribution in [0.1, 0.15) is 30.1 Å². The molecule has 0 aliphatic heterocycles. The number of ether oxygens (including phenoxy) is 1. The van der Waals surface area contributed by atoms with Gasteiger partial charge in [-0.1, -0.05) is 0 Å². The van der Waals surface area contributed by atoms with E-state index in [4.69, 9.17) is 10.5 Å². The van der Waals surface area contributed by atoms with Gasteiger partial charge in [-0.2, -0.15) is 0 Å². The number of carbonyl (C=O) groups is 1. The topological polar surface area (TPSA) is 77.2 Å². The van der Waals surface area contributed by atoms with Crippen LogP contribution in [0.15, 0.2) is 18.3 Å². The largest absolute Gasteiger partial charge is 0.462 e. The van der Waals surface area contributed by atoms with E-state index in [2.05, 4.69) is 10.3 Å². The van der Waals surface area contributed by atoms with Crippen molar-refractivity contribution in [3.05, 3.63) is 23.9 Å². The van der Waals surface area contributed by atoms with Gasteiger partial charge in [0.05, 0.1) is 6.61 Å². The molecular formula is C13H19N3O2. The maximum atomic E-state index is 11.7. The number of hydrogen-bond donors (Lipinski definition) is 2. The fourth-order valence-electron chi connectivity index (χ4n) is 1.83. The van der Waals surface area contributed by atoms with Gasteiger partial charge in [0.15, 0.2) is 0 Å². The number of nitrogens with one attached hydrogen (secondary N) is 1. The van der Waals surface area contributed by atoms with E-state index in [-0.39, 0.29) is 12.0 Å². The lowest BCUT2D eigenvalue weighted by atomic mass is 10.2. The Balaban J connectivity index is 1.99. The molecule has 1 heterocycles. The molecular weight excluding hydrogens is 230 g/mol. The van der Waals surface area contributed by atoms with Crippen molar-refractivity contribution in [2.45, 2.75) is 25.8 Å². The quantitative estimate of drug-likeness (QED) is 0.745. The molecule has 0 aromatic carbocycles.